The zero-order valence-electron chi connectivity index (χ0n) is 17.9. The Hall–Kier alpha value is -3.56. The molecule has 2 aromatic carbocycles. The van der Waals surface area contributed by atoms with Crippen molar-refractivity contribution in [2.45, 2.75) is 32.0 Å². The van der Waals surface area contributed by atoms with Crippen LogP contribution in [0.4, 0.5) is 18.0 Å². The first-order chi connectivity index (χ1) is 15.7. The number of alkyl halides is 3. The number of ether oxygens (including phenoxy) is 2. The normalized spacial score (nSPS) is 14.5. The standard InChI is InChI=1S/C23H23F3N2O5/c1-2-32-22(31)33-17-9-7-15(8-10-17)20(29)27-16-11-13-28(14-12-16)21(30)18-5-3-4-6-19(18)23(24,25)26/h3-10,16H,2,11-14H2,1H3,(H,27,29). The number of nitrogens with zero attached hydrogens (tertiary/aromatic N) is 1. The van der Waals surface area contributed by atoms with Gasteiger partial charge in [0.25, 0.3) is 11.8 Å². The van der Waals surface area contributed by atoms with Gasteiger partial charge in [-0.3, -0.25) is 9.59 Å². The van der Waals surface area contributed by atoms with Crippen molar-refractivity contribution >= 4 is 18.0 Å². The van der Waals surface area contributed by atoms with E-state index in [4.69, 9.17) is 4.74 Å². The van der Waals surface area contributed by atoms with Gasteiger partial charge in [-0.05, 0) is 56.2 Å². The first kappa shape index (κ1) is 24.1. The molecule has 1 fully saturated rings. The lowest BCUT2D eigenvalue weighted by atomic mass is 10.0. The van der Waals surface area contributed by atoms with Crippen LogP contribution in [0.2, 0.25) is 0 Å². The Labute approximate surface area is 188 Å². The van der Waals surface area contributed by atoms with Crippen LogP contribution in [0.1, 0.15) is 46.0 Å². The van der Waals surface area contributed by atoms with E-state index in [0.29, 0.717) is 18.4 Å². The highest BCUT2D eigenvalue weighted by atomic mass is 19.4. The molecular weight excluding hydrogens is 441 g/mol. The molecule has 0 spiro atoms. The predicted molar refractivity (Wildman–Crippen MR) is 112 cm³/mol. The van der Waals surface area contributed by atoms with Crippen LogP contribution in [-0.2, 0) is 10.9 Å². The van der Waals surface area contributed by atoms with Crippen LogP contribution in [0.15, 0.2) is 48.5 Å². The van der Waals surface area contributed by atoms with Gasteiger partial charge >= 0.3 is 12.3 Å². The second-order valence-electron chi connectivity index (χ2n) is 7.39. The van der Waals surface area contributed by atoms with Crippen molar-refractivity contribution in [3.8, 4) is 5.75 Å². The van der Waals surface area contributed by atoms with Crippen LogP contribution in [0, 0.1) is 0 Å². The van der Waals surface area contributed by atoms with Gasteiger partial charge in [0.15, 0.2) is 0 Å². The molecule has 2 amide bonds. The smallest absolute Gasteiger partial charge is 0.434 e. The molecule has 1 saturated heterocycles. The van der Waals surface area contributed by atoms with E-state index in [1.165, 1.54) is 47.4 Å². The fraction of sp³-hybridized carbons (Fsp3) is 0.348. The molecule has 1 heterocycles. The van der Waals surface area contributed by atoms with Crippen molar-refractivity contribution in [3.63, 3.8) is 0 Å². The zero-order chi connectivity index (χ0) is 24.0. The summed E-state index contributed by atoms with van der Waals surface area (Å²) in [5.74, 6) is -0.786. The van der Waals surface area contributed by atoms with Crippen LogP contribution in [0.3, 0.4) is 0 Å². The highest BCUT2D eigenvalue weighted by molar-refractivity contribution is 5.96. The first-order valence-electron chi connectivity index (χ1n) is 10.4. The largest absolute Gasteiger partial charge is 0.513 e. The Bertz CT molecular complexity index is 1000. The quantitative estimate of drug-likeness (QED) is 0.528. The first-order valence-corrected chi connectivity index (χ1v) is 10.4. The van der Waals surface area contributed by atoms with Crippen molar-refractivity contribution in [1.29, 1.82) is 0 Å². The third-order valence-corrected chi connectivity index (χ3v) is 5.16. The molecular formula is C23H23F3N2O5. The lowest BCUT2D eigenvalue weighted by Crippen LogP contribution is -2.46. The molecule has 1 aliphatic heterocycles. The average Bonchev–Trinajstić information content (AvgIpc) is 2.79. The Morgan fingerprint density at radius 2 is 1.67 bits per heavy atom. The fourth-order valence-electron chi connectivity index (χ4n) is 3.50. The maximum Gasteiger partial charge on any atom is 0.513 e. The van der Waals surface area contributed by atoms with Crippen molar-refractivity contribution < 1.29 is 37.0 Å². The lowest BCUT2D eigenvalue weighted by Gasteiger charge is -2.33. The summed E-state index contributed by atoms with van der Waals surface area (Å²) in [6.07, 6.45) is -4.63. The van der Waals surface area contributed by atoms with Crippen molar-refractivity contribution in [1.82, 2.24) is 10.2 Å². The zero-order valence-corrected chi connectivity index (χ0v) is 17.9. The molecule has 0 bridgehead atoms. The van der Waals surface area contributed by atoms with Crippen molar-refractivity contribution in [2.24, 2.45) is 0 Å². The lowest BCUT2D eigenvalue weighted by molar-refractivity contribution is -0.138. The van der Waals surface area contributed by atoms with Gasteiger partial charge in [0, 0.05) is 24.7 Å². The summed E-state index contributed by atoms with van der Waals surface area (Å²) in [7, 11) is 0. The highest BCUT2D eigenvalue weighted by Gasteiger charge is 2.36. The summed E-state index contributed by atoms with van der Waals surface area (Å²) in [5.41, 5.74) is -0.984. The summed E-state index contributed by atoms with van der Waals surface area (Å²) in [6, 6.07) is 10.4. The number of amides is 2. The van der Waals surface area contributed by atoms with Gasteiger partial charge < -0.3 is 19.7 Å². The fourth-order valence-corrected chi connectivity index (χ4v) is 3.50. The minimum Gasteiger partial charge on any atom is -0.434 e. The van der Waals surface area contributed by atoms with Crippen LogP contribution in [0.25, 0.3) is 0 Å². The SMILES string of the molecule is CCOC(=O)Oc1ccc(C(=O)NC2CCN(C(=O)c3ccccc3C(F)(F)F)CC2)cc1. The van der Waals surface area contributed by atoms with E-state index < -0.39 is 23.8 Å². The Kier molecular flexibility index (Phi) is 7.57. The van der Waals surface area contributed by atoms with Gasteiger partial charge in [0.05, 0.1) is 17.7 Å². The minimum atomic E-state index is -4.62. The van der Waals surface area contributed by atoms with Gasteiger partial charge in [-0.15, -0.1) is 0 Å². The Morgan fingerprint density at radius 1 is 1.03 bits per heavy atom. The van der Waals surface area contributed by atoms with E-state index >= 15 is 0 Å². The van der Waals surface area contributed by atoms with Gasteiger partial charge in [-0.1, -0.05) is 12.1 Å². The van der Waals surface area contributed by atoms with E-state index in [1.54, 1.807) is 6.92 Å². The molecule has 0 atom stereocenters. The molecule has 10 heteroatoms. The van der Waals surface area contributed by atoms with Crippen LogP contribution in [-0.4, -0.2) is 48.6 Å². The molecule has 33 heavy (non-hydrogen) atoms. The number of nitrogens with one attached hydrogen (secondary N) is 1. The van der Waals surface area contributed by atoms with Gasteiger partial charge in [-0.2, -0.15) is 13.2 Å². The monoisotopic (exact) mass is 464 g/mol. The molecule has 2 aromatic rings. The average molecular weight is 464 g/mol. The molecule has 7 nitrogen and oxygen atoms in total. The summed E-state index contributed by atoms with van der Waals surface area (Å²) in [6.45, 7) is 2.28. The maximum absolute atomic E-state index is 13.2. The Morgan fingerprint density at radius 3 is 2.27 bits per heavy atom. The second kappa shape index (κ2) is 10.4. The van der Waals surface area contributed by atoms with E-state index in [2.05, 4.69) is 10.1 Å². The van der Waals surface area contributed by atoms with Crippen molar-refractivity contribution in [2.75, 3.05) is 19.7 Å². The van der Waals surface area contributed by atoms with E-state index in [1.807, 2.05) is 0 Å². The number of piperidine rings is 1. The summed E-state index contributed by atoms with van der Waals surface area (Å²) < 4.78 is 49.3. The summed E-state index contributed by atoms with van der Waals surface area (Å²) >= 11 is 0. The topological polar surface area (TPSA) is 84.9 Å². The number of hydrogen-bond donors (Lipinski definition) is 1. The number of likely N-dealkylation sites (tertiary alicyclic amines) is 1. The van der Waals surface area contributed by atoms with E-state index in [0.717, 1.165) is 6.07 Å². The second-order valence-corrected chi connectivity index (χ2v) is 7.39. The molecule has 1 N–H and O–H groups in total. The number of rotatable bonds is 5. The van der Waals surface area contributed by atoms with Gasteiger partial charge in [-0.25, -0.2) is 4.79 Å². The number of carbonyl (C=O) groups excluding carboxylic acids is 3. The maximum atomic E-state index is 13.2. The number of benzene rings is 2. The molecule has 0 unspecified atom stereocenters. The number of hydrogen-bond acceptors (Lipinski definition) is 5. The van der Waals surface area contributed by atoms with Crippen LogP contribution >= 0.6 is 0 Å². The van der Waals surface area contributed by atoms with Crippen LogP contribution < -0.4 is 10.1 Å². The Balaban J connectivity index is 1.54. The van der Waals surface area contributed by atoms with Gasteiger partial charge in [0.2, 0.25) is 0 Å². The third kappa shape index (κ3) is 6.24. The molecule has 0 saturated carbocycles. The summed E-state index contributed by atoms with van der Waals surface area (Å²) in [5, 5.41) is 2.86. The van der Waals surface area contributed by atoms with Crippen molar-refractivity contribution in [3.05, 3.63) is 65.2 Å². The van der Waals surface area contributed by atoms with Crippen LogP contribution in [0.5, 0.6) is 5.75 Å². The minimum absolute atomic E-state index is 0.179. The predicted octanol–water partition coefficient (Wildman–Crippen LogP) is 4.28. The van der Waals surface area contributed by atoms with E-state index in [-0.39, 0.29) is 43.0 Å². The van der Waals surface area contributed by atoms with Gasteiger partial charge in [0.1, 0.15) is 5.75 Å². The molecule has 176 valence electrons. The number of halogens is 3. The highest BCUT2D eigenvalue weighted by Crippen LogP contribution is 2.32. The third-order valence-electron chi connectivity index (χ3n) is 5.16. The molecule has 0 aliphatic carbocycles. The molecule has 0 aromatic heterocycles. The number of carbonyl (C=O) groups is 3. The molecule has 1 aliphatic rings. The molecule has 0 radical (unpaired) electrons. The summed E-state index contributed by atoms with van der Waals surface area (Å²) in [4.78, 5) is 37.8. The molecule has 3 rings (SSSR count). The van der Waals surface area contributed by atoms with E-state index in [9.17, 15) is 27.6 Å².